The van der Waals surface area contributed by atoms with Gasteiger partial charge in [-0.2, -0.15) is 0 Å². The van der Waals surface area contributed by atoms with Crippen LogP contribution < -0.4 is 4.74 Å². The standard InChI is InChI=1S/C21H19BrFNO3S/c1-3-13(2)24-20(25)19(28-21(24)26)11-15-10-16(22)7-8-18(15)27-12-14-5-4-6-17(23)9-14/h4-11,13H,3,12H2,1-2H3/b19-11+/t13-/m1/s1. The average molecular weight is 464 g/mol. The van der Waals surface area contributed by atoms with Gasteiger partial charge in [-0.05, 0) is 67.1 Å². The van der Waals surface area contributed by atoms with E-state index in [1.54, 1.807) is 24.3 Å². The predicted molar refractivity (Wildman–Crippen MR) is 112 cm³/mol. The van der Waals surface area contributed by atoms with Gasteiger partial charge in [-0.1, -0.05) is 35.0 Å². The van der Waals surface area contributed by atoms with Crippen LogP contribution in [0.3, 0.4) is 0 Å². The van der Waals surface area contributed by atoms with Crippen molar-refractivity contribution in [3.05, 3.63) is 68.8 Å². The van der Waals surface area contributed by atoms with Crippen molar-refractivity contribution < 1.29 is 18.7 Å². The van der Waals surface area contributed by atoms with E-state index in [2.05, 4.69) is 15.9 Å². The van der Waals surface area contributed by atoms with Crippen molar-refractivity contribution in [1.29, 1.82) is 0 Å². The van der Waals surface area contributed by atoms with Crippen LogP contribution in [0, 0.1) is 5.82 Å². The van der Waals surface area contributed by atoms with Gasteiger partial charge >= 0.3 is 0 Å². The molecule has 4 nitrogen and oxygen atoms in total. The van der Waals surface area contributed by atoms with E-state index in [0.29, 0.717) is 28.2 Å². The maximum atomic E-state index is 13.4. The van der Waals surface area contributed by atoms with Crippen LogP contribution in [0.25, 0.3) is 6.08 Å². The lowest BCUT2D eigenvalue weighted by Crippen LogP contribution is -2.36. The van der Waals surface area contributed by atoms with Crippen molar-refractivity contribution in [2.75, 3.05) is 0 Å². The molecule has 0 N–H and O–H groups in total. The number of carbonyl (C=O) groups excluding carboxylic acids is 2. The minimum atomic E-state index is -0.323. The molecule has 1 atom stereocenters. The molecule has 1 aliphatic rings. The zero-order valence-electron chi connectivity index (χ0n) is 15.4. The van der Waals surface area contributed by atoms with Crippen LogP contribution in [-0.4, -0.2) is 22.1 Å². The number of imide groups is 1. The summed E-state index contributed by atoms with van der Waals surface area (Å²) in [7, 11) is 0. The molecule has 3 rings (SSSR count). The Hall–Kier alpha value is -2.12. The van der Waals surface area contributed by atoms with Crippen LogP contribution in [0.15, 0.2) is 51.8 Å². The number of halogens is 2. The number of ether oxygens (including phenoxy) is 1. The summed E-state index contributed by atoms with van der Waals surface area (Å²) in [5.41, 5.74) is 1.37. The van der Waals surface area contributed by atoms with Gasteiger partial charge in [0.15, 0.2) is 0 Å². The first-order valence-electron chi connectivity index (χ1n) is 8.83. The molecular formula is C21H19BrFNO3S. The summed E-state index contributed by atoms with van der Waals surface area (Å²) < 4.78 is 20.0. The minimum absolute atomic E-state index is 0.149. The Bertz CT molecular complexity index is 947. The fraction of sp³-hybridized carbons (Fsp3) is 0.238. The number of hydrogen-bond donors (Lipinski definition) is 0. The van der Waals surface area contributed by atoms with Crippen molar-refractivity contribution in [3.63, 3.8) is 0 Å². The minimum Gasteiger partial charge on any atom is -0.488 e. The molecule has 0 aliphatic carbocycles. The normalized spacial score (nSPS) is 16.7. The molecular weight excluding hydrogens is 445 g/mol. The zero-order valence-corrected chi connectivity index (χ0v) is 17.8. The summed E-state index contributed by atoms with van der Waals surface area (Å²) in [6.07, 6.45) is 2.36. The van der Waals surface area contributed by atoms with Gasteiger partial charge in [0.2, 0.25) is 0 Å². The summed E-state index contributed by atoms with van der Waals surface area (Å²) in [4.78, 5) is 26.5. The van der Waals surface area contributed by atoms with Crippen molar-refractivity contribution in [1.82, 2.24) is 4.90 Å². The number of hydrogen-bond acceptors (Lipinski definition) is 4. The molecule has 2 amide bonds. The Morgan fingerprint density at radius 2 is 2.04 bits per heavy atom. The van der Waals surface area contributed by atoms with E-state index in [1.165, 1.54) is 17.0 Å². The summed E-state index contributed by atoms with van der Waals surface area (Å²) in [6, 6.07) is 11.5. The van der Waals surface area contributed by atoms with Gasteiger partial charge in [-0.3, -0.25) is 14.5 Å². The lowest BCUT2D eigenvalue weighted by Gasteiger charge is -2.19. The second-order valence-corrected chi connectivity index (χ2v) is 8.32. The maximum absolute atomic E-state index is 13.4. The Morgan fingerprint density at radius 3 is 2.75 bits per heavy atom. The highest BCUT2D eigenvalue weighted by Crippen LogP contribution is 2.36. The third-order valence-corrected chi connectivity index (χ3v) is 5.77. The number of amides is 2. The number of thioether (sulfide) groups is 1. The third kappa shape index (κ3) is 4.64. The van der Waals surface area contributed by atoms with E-state index in [0.717, 1.165) is 16.2 Å². The molecule has 2 aromatic rings. The van der Waals surface area contributed by atoms with E-state index in [-0.39, 0.29) is 29.6 Å². The van der Waals surface area contributed by atoms with Crippen molar-refractivity contribution in [2.24, 2.45) is 0 Å². The fourth-order valence-corrected chi connectivity index (χ4v) is 4.03. The third-order valence-electron chi connectivity index (χ3n) is 4.40. The SMILES string of the molecule is CC[C@@H](C)N1C(=O)S/C(=C/c2cc(Br)ccc2OCc2cccc(F)c2)C1=O. The van der Waals surface area contributed by atoms with Gasteiger partial charge in [-0.15, -0.1) is 0 Å². The van der Waals surface area contributed by atoms with E-state index in [4.69, 9.17) is 4.74 Å². The van der Waals surface area contributed by atoms with Crippen molar-refractivity contribution in [3.8, 4) is 5.75 Å². The Labute approximate surface area is 175 Å². The molecule has 146 valence electrons. The van der Waals surface area contributed by atoms with Gasteiger partial charge in [-0.25, -0.2) is 4.39 Å². The summed E-state index contributed by atoms with van der Waals surface area (Å²) in [5, 5.41) is -0.261. The monoisotopic (exact) mass is 463 g/mol. The van der Waals surface area contributed by atoms with E-state index < -0.39 is 0 Å². The van der Waals surface area contributed by atoms with Crippen molar-refractivity contribution in [2.45, 2.75) is 32.9 Å². The highest BCUT2D eigenvalue weighted by molar-refractivity contribution is 9.10. The smallest absolute Gasteiger partial charge is 0.293 e. The second-order valence-electron chi connectivity index (χ2n) is 6.41. The first kappa shape index (κ1) is 20.6. The first-order valence-corrected chi connectivity index (χ1v) is 10.4. The highest BCUT2D eigenvalue weighted by Gasteiger charge is 2.37. The molecule has 0 radical (unpaired) electrons. The lowest BCUT2D eigenvalue weighted by molar-refractivity contribution is -0.124. The van der Waals surface area contributed by atoms with Crippen LogP contribution in [0.1, 0.15) is 31.4 Å². The molecule has 1 saturated heterocycles. The largest absolute Gasteiger partial charge is 0.488 e. The molecule has 1 heterocycles. The van der Waals surface area contributed by atoms with E-state index >= 15 is 0 Å². The Kier molecular flexibility index (Phi) is 6.57. The van der Waals surface area contributed by atoms with Crippen LogP contribution in [0.2, 0.25) is 0 Å². The first-order chi connectivity index (χ1) is 13.4. The Morgan fingerprint density at radius 1 is 1.25 bits per heavy atom. The number of carbonyl (C=O) groups is 2. The molecule has 28 heavy (non-hydrogen) atoms. The van der Waals surface area contributed by atoms with E-state index in [9.17, 15) is 14.0 Å². The molecule has 1 aliphatic heterocycles. The van der Waals surface area contributed by atoms with Crippen LogP contribution in [0.4, 0.5) is 9.18 Å². The molecule has 0 bridgehead atoms. The summed E-state index contributed by atoms with van der Waals surface area (Å²) in [6.45, 7) is 3.98. The predicted octanol–water partition coefficient (Wildman–Crippen LogP) is 6.00. The van der Waals surface area contributed by atoms with Crippen LogP contribution in [-0.2, 0) is 11.4 Å². The second kappa shape index (κ2) is 8.92. The summed E-state index contributed by atoms with van der Waals surface area (Å²) >= 11 is 4.35. The molecule has 0 aromatic heterocycles. The molecule has 2 aromatic carbocycles. The van der Waals surface area contributed by atoms with Gasteiger partial charge in [0.25, 0.3) is 11.1 Å². The lowest BCUT2D eigenvalue weighted by atomic mass is 10.1. The van der Waals surface area contributed by atoms with Gasteiger partial charge in [0.1, 0.15) is 18.2 Å². The fourth-order valence-electron chi connectivity index (χ4n) is 2.74. The molecule has 1 fully saturated rings. The molecule has 0 spiro atoms. The number of benzene rings is 2. The van der Waals surface area contributed by atoms with Crippen LogP contribution in [0.5, 0.6) is 5.75 Å². The Balaban J connectivity index is 1.86. The van der Waals surface area contributed by atoms with Crippen molar-refractivity contribution >= 4 is 44.9 Å². The number of rotatable bonds is 6. The van der Waals surface area contributed by atoms with Gasteiger partial charge in [0.05, 0.1) is 4.91 Å². The molecule has 0 unspecified atom stereocenters. The van der Waals surface area contributed by atoms with E-state index in [1.807, 2.05) is 26.0 Å². The zero-order chi connectivity index (χ0) is 20.3. The highest BCUT2D eigenvalue weighted by atomic mass is 79.9. The molecule has 7 heteroatoms. The maximum Gasteiger partial charge on any atom is 0.293 e. The quantitative estimate of drug-likeness (QED) is 0.492. The average Bonchev–Trinajstić information content (AvgIpc) is 2.94. The topological polar surface area (TPSA) is 46.6 Å². The summed E-state index contributed by atoms with van der Waals surface area (Å²) in [5.74, 6) is -0.0703. The van der Waals surface area contributed by atoms with Gasteiger partial charge in [0, 0.05) is 16.1 Å². The van der Waals surface area contributed by atoms with Crippen LogP contribution >= 0.6 is 27.7 Å². The number of nitrogens with zero attached hydrogens (tertiary/aromatic N) is 1. The molecule has 0 saturated carbocycles. The van der Waals surface area contributed by atoms with Gasteiger partial charge < -0.3 is 4.74 Å².